The van der Waals surface area contributed by atoms with Crippen LogP contribution in [0.25, 0.3) is 11.2 Å². The number of morpholine rings is 2. The van der Waals surface area contributed by atoms with E-state index in [0.29, 0.717) is 26.3 Å². The average molecular weight is 410 g/mol. The van der Waals surface area contributed by atoms with Gasteiger partial charge in [0.05, 0.1) is 32.3 Å². The van der Waals surface area contributed by atoms with Crippen LogP contribution in [0.1, 0.15) is 11.8 Å². The molecule has 30 heavy (non-hydrogen) atoms. The third kappa shape index (κ3) is 3.89. The van der Waals surface area contributed by atoms with Crippen molar-refractivity contribution in [1.82, 2.24) is 24.4 Å². The second-order valence-corrected chi connectivity index (χ2v) is 7.70. The minimum atomic E-state index is -0.281. The molecule has 158 valence electrons. The van der Waals surface area contributed by atoms with Crippen molar-refractivity contribution >= 4 is 17.0 Å². The van der Waals surface area contributed by atoms with Crippen molar-refractivity contribution in [2.24, 2.45) is 0 Å². The zero-order valence-electron chi connectivity index (χ0n) is 16.8. The van der Waals surface area contributed by atoms with E-state index in [9.17, 15) is 5.11 Å². The molecule has 5 rings (SSSR count). The molecular weight excluding hydrogens is 384 g/mol. The Hall–Kier alpha value is -2.59. The molecule has 0 aliphatic carbocycles. The maximum atomic E-state index is 9.80. The van der Waals surface area contributed by atoms with Crippen LogP contribution in [-0.4, -0.2) is 81.6 Å². The standard InChI is InChI=1S/C21H26N6O3/c28-13-17-11-25(10-16-4-2-1-3-5-16)12-18(30-17)27-15-24-19-20(22-14-23-21(19)27)26-6-8-29-9-7-26/h1-5,14-15,17-18,28H,6-13H2/t17-,18+/m0/s1. The smallest absolute Gasteiger partial charge is 0.167 e. The Labute approximate surface area is 174 Å². The van der Waals surface area contributed by atoms with Crippen LogP contribution in [0.2, 0.25) is 0 Å². The van der Waals surface area contributed by atoms with Crippen LogP contribution in [-0.2, 0) is 16.0 Å². The van der Waals surface area contributed by atoms with Crippen molar-refractivity contribution < 1.29 is 14.6 Å². The first-order valence-corrected chi connectivity index (χ1v) is 10.3. The maximum Gasteiger partial charge on any atom is 0.167 e. The summed E-state index contributed by atoms with van der Waals surface area (Å²) in [5.74, 6) is 0.831. The Morgan fingerprint density at radius 2 is 1.87 bits per heavy atom. The summed E-state index contributed by atoms with van der Waals surface area (Å²) < 4.78 is 13.6. The van der Waals surface area contributed by atoms with E-state index in [1.165, 1.54) is 5.56 Å². The first-order chi connectivity index (χ1) is 14.8. The first kappa shape index (κ1) is 19.4. The number of aromatic nitrogens is 4. The van der Waals surface area contributed by atoms with Crippen LogP contribution in [0.4, 0.5) is 5.82 Å². The second kappa shape index (κ2) is 8.65. The van der Waals surface area contributed by atoms with Crippen LogP contribution in [0.3, 0.4) is 0 Å². The van der Waals surface area contributed by atoms with Gasteiger partial charge >= 0.3 is 0 Å². The predicted molar refractivity (Wildman–Crippen MR) is 111 cm³/mol. The van der Waals surface area contributed by atoms with Crippen molar-refractivity contribution in [2.75, 3.05) is 50.9 Å². The lowest BCUT2D eigenvalue weighted by atomic mass is 10.2. The monoisotopic (exact) mass is 410 g/mol. The number of nitrogens with zero attached hydrogens (tertiary/aromatic N) is 6. The Bertz CT molecular complexity index is 975. The number of anilines is 1. The molecule has 2 aliphatic rings. The van der Waals surface area contributed by atoms with Crippen molar-refractivity contribution in [1.29, 1.82) is 0 Å². The predicted octanol–water partition coefficient (Wildman–Crippen LogP) is 1.05. The van der Waals surface area contributed by atoms with Gasteiger partial charge in [0.1, 0.15) is 12.6 Å². The van der Waals surface area contributed by atoms with Gasteiger partial charge in [-0.1, -0.05) is 30.3 Å². The van der Waals surface area contributed by atoms with Crippen LogP contribution in [0, 0.1) is 0 Å². The van der Waals surface area contributed by atoms with Crippen LogP contribution in [0.5, 0.6) is 0 Å². The van der Waals surface area contributed by atoms with E-state index >= 15 is 0 Å². The Kier molecular flexibility index (Phi) is 5.58. The van der Waals surface area contributed by atoms with E-state index in [2.05, 4.69) is 36.9 Å². The van der Waals surface area contributed by atoms with E-state index in [-0.39, 0.29) is 18.9 Å². The highest BCUT2D eigenvalue weighted by Crippen LogP contribution is 2.28. The van der Waals surface area contributed by atoms with Crippen LogP contribution < -0.4 is 4.90 Å². The van der Waals surface area contributed by atoms with Gasteiger partial charge in [0.25, 0.3) is 0 Å². The molecule has 9 heteroatoms. The summed E-state index contributed by atoms with van der Waals surface area (Å²) >= 11 is 0. The van der Waals surface area contributed by atoms with Crippen LogP contribution in [0.15, 0.2) is 43.0 Å². The highest BCUT2D eigenvalue weighted by atomic mass is 16.5. The summed E-state index contributed by atoms with van der Waals surface area (Å²) in [5, 5.41) is 9.80. The van der Waals surface area contributed by atoms with Gasteiger partial charge in [0, 0.05) is 32.7 Å². The minimum absolute atomic E-state index is 0.0254. The van der Waals surface area contributed by atoms with Gasteiger partial charge in [-0.05, 0) is 5.56 Å². The van der Waals surface area contributed by atoms with E-state index in [0.717, 1.165) is 36.6 Å². The van der Waals surface area contributed by atoms with Crippen molar-refractivity contribution in [3.8, 4) is 0 Å². The fourth-order valence-corrected chi connectivity index (χ4v) is 4.17. The number of fused-ring (bicyclic) bond motifs is 1. The lowest BCUT2D eigenvalue weighted by Crippen LogP contribution is -2.46. The van der Waals surface area contributed by atoms with Gasteiger partial charge in [-0.3, -0.25) is 9.47 Å². The summed E-state index contributed by atoms with van der Waals surface area (Å²) in [6.45, 7) is 5.10. The van der Waals surface area contributed by atoms with Crippen molar-refractivity contribution in [3.63, 3.8) is 0 Å². The SMILES string of the molecule is OC[C@@H]1CN(Cc2ccccc2)C[C@H](n2cnc3c(N4CCOCC4)ncnc32)O1. The highest BCUT2D eigenvalue weighted by molar-refractivity contribution is 5.83. The van der Waals surface area contributed by atoms with E-state index in [4.69, 9.17) is 9.47 Å². The first-order valence-electron chi connectivity index (χ1n) is 10.3. The van der Waals surface area contributed by atoms with Gasteiger partial charge < -0.3 is 19.5 Å². The quantitative estimate of drug-likeness (QED) is 0.668. The summed E-state index contributed by atoms with van der Waals surface area (Å²) in [6.07, 6.45) is 2.82. The average Bonchev–Trinajstić information content (AvgIpc) is 3.24. The fraction of sp³-hybridized carbons (Fsp3) is 0.476. The van der Waals surface area contributed by atoms with Crippen molar-refractivity contribution in [3.05, 3.63) is 48.5 Å². The molecule has 0 bridgehead atoms. The molecule has 0 amide bonds. The Morgan fingerprint density at radius 3 is 2.67 bits per heavy atom. The van der Waals surface area contributed by atoms with E-state index in [1.54, 1.807) is 12.7 Å². The minimum Gasteiger partial charge on any atom is -0.394 e. The third-order valence-corrected chi connectivity index (χ3v) is 5.64. The van der Waals surface area contributed by atoms with Gasteiger partial charge in [-0.2, -0.15) is 0 Å². The number of hydrogen-bond donors (Lipinski definition) is 1. The largest absolute Gasteiger partial charge is 0.394 e. The molecule has 0 radical (unpaired) electrons. The highest BCUT2D eigenvalue weighted by Gasteiger charge is 2.30. The number of benzene rings is 1. The summed E-state index contributed by atoms with van der Waals surface area (Å²) in [4.78, 5) is 18.1. The lowest BCUT2D eigenvalue weighted by Gasteiger charge is -2.38. The normalized spacial score (nSPS) is 23.2. The number of ether oxygens (including phenoxy) is 2. The zero-order chi connectivity index (χ0) is 20.3. The van der Waals surface area contributed by atoms with Gasteiger partial charge in [-0.25, -0.2) is 15.0 Å². The molecule has 2 aromatic heterocycles. The molecule has 3 aromatic rings. The third-order valence-electron chi connectivity index (χ3n) is 5.64. The molecular formula is C21H26N6O3. The molecule has 0 unspecified atom stereocenters. The number of hydrogen-bond acceptors (Lipinski definition) is 8. The summed E-state index contributed by atoms with van der Waals surface area (Å²) in [7, 11) is 0. The number of imidazole rings is 1. The Balaban J connectivity index is 1.42. The maximum absolute atomic E-state index is 9.80. The number of aliphatic hydroxyl groups is 1. The molecule has 2 atom stereocenters. The Morgan fingerprint density at radius 1 is 1.03 bits per heavy atom. The molecule has 1 N–H and O–H groups in total. The van der Waals surface area contributed by atoms with Gasteiger partial charge in [-0.15, -0.1) is 0 Å². The topological polar surface area (TPSA) is 88.8 Å². The number of aliphatic hydroxyl groups excluding tert-OH is 1. The molecule has 1 aromatic carbocycles. The van der Waals surface area contributed by atoms with Gasteiger partial charge in [0.2, 0.25) is 0 Å². The fourth-order valence-electron chi connectivity index (χ4n) is 4.17. The van der Waals surface area contributed by atoms with Crippen LogP contribution >= 0.6 is 0 Å². The number of rotatable bonds is 5. The molecule has 2 fully saturated rings. The zero-order valence-corrected chi connectivity index (χ0v) is 16.8. The lowest BCUT2D eigenvalue weighted by molar-refractivity contribution is -0.135. The van der Waals surface area contributed by atoms with Crippen molar-refractivity contribution in [2.45, 2.75) is 18.9 Å². The molecule has 0 saturated carbocycles. The molecule has 2 saturated heterocycles. The second-order valence-electron chi connectivity index (χ2n) is 7.70. The van der Waals surface area contributed by atoms with E-state index in [1.807, 2.05) is 22.8 Å². The molecule has 9 nitrogen and oxygen atoms in total. The molecule has 2 aliphatic heterocycles. The summed E-state index contributed by atoms with van der Waals surface area (Å²) in [5.41, 5.74) is 2.75. The molecule has 0 spiro atoms. The summed E-state index contributed by atoms with van der Waals surface area (Å²) in [6, 6.07) is 10.3. The molecule has 4 heterocycles. The van der Waals surface area contributed by atoms with E-state index < -0.39 is 0 Å². The van der Waals surface area contributed by atoms with Gasteiger partial charge in [0.15, 0.2) is 17.0 Å².